The van der Waals surface area contributed by atoms with Crippen LogP contribution in [-0.4, -0.2) is 37.7 Å². The maximum atomic E-state index is 11.1. The summed E-state index contributed by atoms with van der Waals surface area (Å²) in [4.78, 5) is 7.96. The van der Waals surface area contributed by atoms with Crippen molar-refractivity contribution in [3.63, 3.8) is 0 Å². The van der Waals surface area contributed by atoms with E-state index in [1.807, 2.05) is 0 Å². The highest BCUT2D eigenvalue weighted by Crippen LogP contribution is 2.08. The van der Waals surface area contributed by atoms with E-state index < -0.39 is 10.0 Å². The standard InChI is InChI=1S/C8H15N5O2S/c1-16(14,15)13-8-7(6-10-3-2-9)11-4-5-12-8/h4-5,10H,2-3,6,9H2,1H3,(H,12,13). The van der Waals surface area contributed by atoms with Gasteiger partial charge in [0.25, 0.3) is 0 Å². The van der Waals surface area contributed by atoms with Crippen LogP contribution in [0, 0.1) is 0 Å². The number of rotatable bonds is 6. The zero-order valence-corrected chi connectivity index (χ0v) is 9.79. The smallest absolute Gasteiger partial charge is 0.231 e. The Bertz CT molecular complexity index is 434. The fraction of sp³-hybridized carbons (Fsp3) is 0.500. The molecule has 0 saturated heterocycles. The number of anilines is 1. The molecule has 90 valence electrons. The van der Waals surface area contributed by atoms with Crippen LogP contribution in [0.25, 0.3) is 0 Å². The summed E-state index contributed by atoms with van der Waals surface area (Å²) in [6.07, 6.45) is 4.01. The van der Waals surface area contributed by atoms with Crippen molar-refractivity contribution in [1.82, 2.24) is 15.3 Å². The molecule has 0 spiro atoms. The van der Waals surface area contributed by atoms with Crippen molar-refractivity contribution in [2.75, 3.05) is 24.1 Å². The van der Waals surface area contributed by atoms with Crippen LogP contribution >= 0.6 is 0 Å². The van der Waals surface area contributed by atoms with Crippen molar-refractivity contribution in [2.24, 2.45) is 5.73 Å². The van der Waals surface area contributed by atoms with Crippen LogP contribution in [-0.2, 0) is 16.6 Å². The average molecular weight is 245 g/mol. The third-order valence-electron chi connectivity index (χ3n) is 1.67. The average Bonchev–Trinajstić information content (AvgIpc) is 2.19. The lowest BCUT2D eigenvalue weighted by Gasteiger charge is -2.08. The van der Waals surface area contributed by atoms with Crippen molar-refractivity contribution in [2.45, 2.75) is 6.54 Å². The summed E-state index contributed by atoms with van der Waals surface area (Å²) in [7, 11) is -3.34. The molecule has 4 N–H and O–H groups in total. The normalized spacial score (nSPS) is 11.4. The number of hydrogen-bond donors (Lipinski definition) is 3. The Hall–Kier alpha value is -1.25. The molecule has 0 atom stereocenters. The van der Waals surface area contributed by atoms with Gasteiger partial charge in [0.2, 0.25) is 10.0 Å². The minimum atomic E-state index is -3.34. The highest BCUT2D eigenvalue weighted by atomic mass is 32.2. The number of nitrogens with zero attached hydrogens (tertiary/aromatic N) is 2. The fourth-order valence-corrected chi connectivity index (χ4v) is 1.59. The van der Waals surface area contributed by atoms with Crippen molar-refractivity contribution >= 4 is 15.8 Å². The molecule has 1 aromatic heterocycles. The Balaban J connectivity index is 2.75. The van der Waals surface area contributed by atoms with E-state index in [-0.39, 0.29) is 5.82 Å². The molecule has 0 aliphatic heterocycles. The van der Waals surface area contributed by atoms with Gasteiger partial charge in [0.15, 0.2) is 5.82 Å². The lowest BCUT2D eigenvalue weighted by atomic mass is 10.4. The predicted molar refractivity (Wildman–Crippen MR) is 61.3 cm³/mol. The van der Waals surface area contributed by atoms with E-state index in [2.05, 4.69) is 20.0 Å². The van der Waals surface area contributed by atoms with Gasteiger partial charge in [0.1, 0.15) is 0 Å². The number of nitrogens with one attached hydrogen (secondary N) is 2. The molecule has 1 aromatic rings. The van der Waals surface area contributed by atoms with Gasteiger partial charge >= 0.3 is 0 Å². The Labute approximate surface area is 94.5 Å². The van der Waals surface area contributed by atoms with Crippen LogP contribution in [0.4, 0.5) is 5.82 Å². The van der Waals surface area contributed by atoms with Gasteiger partial charge in [-0.3, -0.25) is 9.71 Å². The first-order valence-corrected chi connectivity index (χ1v) is 6.60. The van der Waals surface area contributed by atoms with Gasteiger partial charge in [-0.15, -0.1) is 0 Å². The summed E-state index contributed by atoms with van der Waals surface area (Å²) < 4.78 is 24.4. The van der Waals surface area contributed by atoms with E-state index in [0.29, 0.717) is 25.3 Å². The number of hydrogen-bond acceptors (Lipinski definition) is 6. The largest absolute Gasteiger partial charge is 0.329 e. The van der Waals surface area contributed by atoms with Crippen LogP contribution in [0.1, 0.15) is 5.69 Å². The molecule has 16 heavy (non-hydrogen) atoms. The molecule has 0 aliphatic rings. The van der Waals surface area contributed by atoms with E-state index >= 15 is 0 Å². The molecule has 0 radical (unpaired) electrons. The molecule has 0 aliphatic carbocycles. The number of nitrogens with two attached hydrogens (primary N) is 1. The third-order valence-corrected chi connectivity index (χ3v) is 2.23. The monoisotopic (exact) mass is 245 g/mol. The topological polar surface area (TPSA) is 110 Å². The van der Waals surface area contributed by atoms with Crippen LogP contribution in [0.5, 0.6) is 0 Å². The first kappa shape index (κ1) is 12.8. The van der Waals surface area contributed by atoms with Gasteiger partial charge in [-0.25, -0.2) is 13.4 Å². The summed E-state index contributed by atoms with van der Waals surface area (Å²) >= 11 is 0. The Morgan fingerprint density at radius 1 is 1.38 bits per heavy atom. The van der Waals surface area contributed by atoms with Crippen molar-refractivity contribution < 1.29 is 8.42 Å². The molecular weight excluding hydrogens is 230 g/mol. The molecule has 0 fully saturated rings. The minimum absolute atomic E-state index is 0.245. The van der Waals surface area contributed by atoms with Crippen molar-refractivity contribution in [3.05, 3.63) is 18.1 Å². The van der Waals surface area contributed by atoms with Gasteiger partial charge in [-0.2, -0.15) is 0 Å². The quantitative estimate of drug-likeness (QED) is 0.549. The molecule has 0 amide bonds. The summed E-state index contributed by atoms with van der Waals surface area (Å²) in [5.41, 5.74) is 5.87. The maximum absolute atomic E-state index is 11.1. The zero-order valence-electron chi connectivity index (χ0n) is 8.97. The maximum Gasteiger partial charge on any atom is 0.231 e. The SMILES string of the molecule is CS(=O)(=O)Nc1nccnc1CNCCN. The van der Waals surface area contributed by atoms with Crippen molar-refractivity contribution in [3.8, 4) is 0 Å². The highest BCUT2D eigenvalue weighted by Gasteiger charge is 2.08. The summed E-state index contributed by atoms with van der Waals surface area (Å²) in [5.74, 6) is 0.245. The Morgan fingerprint density at radius 2 is 2.06 bits per heavy atom. The number of sulfonamides is 1. The molecule has 1 heterocycles. The van der Waals surface area contributed by atoms with Crippen LogP contribution in [0.3, 0.4) is 0 Å². The van der Waals surface area contributed by atoms with Gasteiger partial charge in [0, 0.05) is 32.0 Å². The first-order chi connectivity index (χ1) is 7.53. The molecule has 8 heteroatoms. The van der Waals surface area contributed by atoms with Crippen molar-refractivity contribution in [1.29, 1.82) is 0 Å². The molecule has 7 nitrogen and oxygen atoms in total. The van der Waals surface area contributed by atoms with E-state index in [1.165, 1.54) is 12.4 Å². The van der Waals surface area contributed by atoms with E-state index in [1.54, 1.807) is 0 Å². The molecule has 0 saturated carbocycles. The summed E-state index contributed by atoms with van der Waals surface area (Å²) in [6, 6.07) is 0. The van der Waals surface area contributed by atoms with Crippen LogP contribution < -0.4 is 15.8 Å². The van der Waals surface area contributed by atoms with Crippen LogP contribution in [0.2, 0.25) is 0 Å². The number of aromatic nitrogens is 2. The van der Waals surface area contributed by atoms with Gasteiger partial charge in [0.05, 0.1) is 11.9 Å². The molecule has 1 rings (SSSR count). The van der Waals surface area contributed by atoms with Gasteiger partial charge in [-0.1, -0.05) is 0 Å². The third kappa shape index (κ3) is 4.51. The van der Waals surface area contributed by atoms with E-state index in [0.717, 1.165) is 6.26 Å². The fourth-order valence-electron chi connectivity index (χ4n) is 1.07. The first-order valence-electron chi connectivity index (χ1n) is 4.71. The zero-order chi connectivity index (χ0) is 12.0. The summed E-state index contributed by atoms with van der Waals surface area (Å²) in [5, 5.41) is 3.02. The minimum Gasteiger partial charge on any atom is -0.329 e. The van der Waals surface area contributed by atoms with Gasteiger partial charge < -0.3 is 11.1 Å². The predicted octanol–water partition coefficient (Wildman–Crippen LogP) is -1.10. The molecular formula is C8H15N5O2S. The Kier molecular flexibility index (Phi) is 4.59. The molecule has 0 bridgehead atoms. The molecule has 0 unspecified atom stereocenters. The lowest BCUT2D eigenvalue weighted by molar-refractivity contribution is 0.606. The van der Waals surface area contributed by atoms with E-state index in [4.69, 9.17) is 5.73 Å². The lowest BCUT2D eigenvalue weighted by Crippen LogP contribution is -2.23. The molecule has 0 aromatic carbocycles. The Morgan fingerprint density at radius 3 is 2.69 bits per heavy atom. The van der Waals surface area contributed by atoms with Gasteiger partial charge in [-0.05, 0) is 0 Å². The van der Waals surface area contributed by atoms with Crippen LogP contribution in [0.15, 0.2) is 12.4 Å². The highest BCUT2D eigenvalue weighted by molar-refractivity contribution is 7.92. The second-order valence-electron chi connectivity index (χ2n) is 3.19. The second kappa shape index (κ2) is 5.73. The second-order valence-corrected chi connectivity index (χ2v) is 4.94. The van der Waals surface area contributed by atoms with E-state index in [9.17, 15) is 8.42 Å². The summed E-state index contributed by atoms with van der Waals surface area (Å²) in [6.45, 7) is 1.56.